The second kappa shape index (κ2) is 9.45. The number of benzene rings is 1. The molecule has 3 aromatic rings. The Morgan fingerprint density at radius 2 is 1.93 bits per heavy atom. The summed E-state index contributed by atoms with van der Waals surface area (Å²) in [7, 11) is 2.07. The lowest BCUT2D eigenvalue weighted by Gasteiger charge is -2.25. The Morgan fingerprint density at radius 3 is 2.66 bits per heavy atom. The van der Waals surface area contributed by atoms with Crippen LogP contribution in [0.5, 0.6) is 0 Å². The largest absolute Gasteiger partial charge is 0.372 e. The van der Waals surface area contributed by atoms with Crippen LogP contribution in [0.1, 0.15) is 16.0 Å². The van der Waals surface area contributed by atoms with Crippen LogP contribution < -0.4 is 5.32 Å². The third kappa shape index (κ3) is 5.03. The Kier molecular flexibility index (Phi) is 6.94. The number of aromatic nitrogens is 1. The predicted molar refractivity (Wildman–Crippen MR) is 134 cm³/mol. The van der Waals surface area contributed by atoms with Crippen LogP contribution >= 0.6 is 59.1 Å². The van der Waals surface area contributed by atoms with E-state index in [1.165, 1.54) is 21.2 Å². The predicted octanol–water partition coefficient (Wildman–Crippen LogP) is 5.64. The minimum absolute atomic E-state index is 0.647. The van der Waals surface area contributed by atoms with Gasteiger partial charge < -0.3 is 9.88 Å². The average Bonchev–Trinajstić information content (AvgIpc) is 3.15. The molecule has 8 heteroatoms. The van der Waals surface area contributed by atoms with Crippen LogP contribution in [0.3, 0.4) is 0 Å². The van der Waals surface area contributed by atoms with Gasteiger partial charge in [0.15, 0.2) is 0 Å². The molecule has 1 aromatic carbocycles. The summed E-state index contributed by atoms with van der Waals surface area (Å²) in [5, 5.41) is 5.20. The molecular formula is C21H22ClN3S4. The lowest BCUT2D eigenvalue weighted by atomic mass is 10.2. The van der Waals surface area contributed by atoms with Crippen LogP contribution in [-0.2, 0) is 20.1 Å². The van der Waals surface area contributed by atoms with Crippen LogP contribution in [0.4, 0.5) is 0 Å². The number of thiophene rings is 1. The van der Waals surface area contributed by atoms with Crippen LogP contribution in [0, 0.1) is 4.51 Å². The Balaban J connectivity index is 1.54. The van der Waals surface area contributed by atoms with Crippen molar-refractivity contribution < 1.29 is 0 Å². The first-order valence-electron chi connectivity index (χ1n) is 9.46. The van der Waals surface area contributed by atoms with Gasteiger partial charge in [0.05, 0.1) is 4.51 Å². The molecule has 1 saturated heterocycles. The minimum atomic E-state index is 0.647. The highest BCUT2D eigenvalue weighted by Crippen LogP contribution is 2.29. The van der Waals surface area contributed by atoms with Crippen molar-refractivity contribution in [1.82, 2.24) is 14.8 Å². The molecule has 0 radical (unpaired) electrons. The number of nitrogens with zero attached hydrogens (tertiary/aromatic N) is 2. The number of pyridine rings is 1. The minimum Gasteiger partial charge on any atom is -0.372 e. The lowest BCUT2D eigenvalue weighted by molar-refractivity contribution is 0.297. The van der Waals surface area contributed by atoms with Crippen molar-refractivity contribution in [3.05, 3.63) is 62.1 Å². The van der Waals surface area contributed by atoms with Gasteiger partial charge in [-0.1, -0.05) is 48.2 Å². The van der Waals surface area contributed by atoms with Gasteiger partial charge in [0.25, 0.3) is 0 Å². The van der Waals surface area contributed by atoms with E-state index in [2.05, 4.69) is 34.1 Å². The molecule has 0 bridgehead atoms. The summed E-state index contributed by atoms with van der Waals surface area (Å²) in [5.41, 5.74) is 2.04. The van der Waals surface area contributed by atoms with E-state index in [1.54, 1.807) is 0 Å². The molecule has 0 saturated carbocycles. The molecule has 0 aliphatic carbocycles. The number of halogens is 1. The summed E-state index contributed by atoms with van der Waals surface area (Å²) in [5.74, 6) is 2.45. The third-order valence-corrected chi connectivity index (χ3v) is 8.20. The molecule has 0 atom stereocenters. The summed E-state index contributed by atoms with van der Waals surface area (Å²) in [6.45, 7) is 3.98. The van der Waals surface area contributed by atoms with Gasteiger partial charge in [-0.25, -0.2) is 0 Å². The highest BCUT2D eigenvalue weighted by molar-refractivity contribution is 7.99. The molecule has 3 nitrogen and oxygen atoms in total. The topological polar surface area (TPSA) is 20.2 Å². The van der Waals surface area contributed by atoms with E-state index in [0.717, 1.165) is 45.7 Å². The van der Waals surface area contributed by atoms with E-state index in [0.29, 0.717) is 11.5 Å². The van der Waals surface area contributed by atoms with Crippen molar-refractivity contribution in [2.45, 2.75) is 13.1 Å². The van der Waals surface area contributed by atoms with Crippen LogP contribution in [0.15, 0.2) is 36.5 Å². The second-order valence-corrected chi connectivity index (χ2v) is 10.7. The molecule has 0 unspecified atom stereocenters. The van der Waals surface area contributed by atoms with Crippen molar-refractivity contribution in [1.29, 1.82) is 0 Å². The summed E-state index contributed by atoms with van der Waals surface area (Å²) in [6.07, 6.45) is 2.06. The van der Waals surface area contributed by atoms with E-state index in [9.17, 15) is 0 Å². The number of thioether (sulfide) groups is 1. The van der Waals surface area contributed by atoms with E-state index in [1.807, 2.05) is 47.4 Å². The van der Waals surface area contributed by atoms with Crippen molar-refractivity contribution in [2.75, 3.05) is 24.6 Å². The monoisotopic (exact) mass is 479 g/mol. The fourth-order valence-corrected chi connectivity index (χ4v) is 6.32. The summed E-state index contributed by atoms with van der Waals surface area (Å²) in [6, 6.07) is 10.0. The number of nitrogens with one attached hydrogen (secondary N) is 1. The molecule has 4 rings (SSSR count). The van der Waals surface area contributed by atoms with Crippen molar-refractivity contribution >= 4 is 74.3 Å². The molecule has 3 heterocycles. The van der Waals surface area contributed by atoms with Gasteiger partial charge in [0.2, 0.25) is 0 Å². The highest BCUT2D eigenvalue weighted by atomic mass is 35.5. The first-order chi connectivity index (χ1) is 14.0. The number of rotatable bonds is 5. The molecule has 1 N–H and O–H groups in total. The molecular weight excluding hydrogens is 458 g/mol. The van der Waals surface area contributed by atoms with Gasteiger partial charge in [0, 0.05) is 71.8 Å². The van der Waals surface area contributed by atoms with Crippen molar-refractivity contribution in [3.63, 3.8) is 0 Å². The summed E-state index contributed by atoms with van der Waals surface area (Å²) in [4.78, 5) is 5.79. The van der Waals surface area contributed by atoms with Crippen LogP contribution in [-0.4, -0.2) is 39.1 Å². The van der Waals surface area contributed by atoms with Crippen molar-refractivity contribution in [3.8, 4) is 0 Å². The zero-order chi connectivity index (χ0) is 20.4. The normalized spacial score (nSPS) is 15.0. The Hall–Kier alpha value is -0.960. The van der Waals surface area contributed by atoms with E-state index < -0.39 is 0 Å². The number of fused-ring (bicyclic) bond motifs is 1. The van der Waals surface area contributed by atoms with Gasteiger partial charge in [-0.15, -0.1) is 11.3 Å². The number of thiocarbonyl (C=S) groups is 1. The van der Waals surface area contributed by atoms with Crippen molar-refractivity contribution in [2.24, 2.45) is 7.05 Å². The van der Waals surface area contributed by atoms with Gasteiger partial charge in [-0.2, -0.15) is 11.8 Å². The molecule has 0 spiro atoms. The molecule has 29 heavy (non-hydrogen) atoms. The molecule has 1 aliphatic heterocycles. The van der Waals surface area contributed by atoms with Gasteiger partial charge in [-0.3, -0.25) is 4.90 Å². The maximum absolute atomic E-state index is 5.96. The lowest BCUT2D eigenvalue weighted by Crippen LogP contribution is -2.31. The van der Waals surface area contributed by atoms with E-state index in [-0.39, 0.29) is 0 Å². The maximum atomic E-state index is 5.96. The zero-order valence-corrected chi connectivity index (χ0v) is 20.1. The van der Waals surface area contributed by atoms with E-state index in [4.69, 9.17) is 36.0 Å². The SMILES string of the molecule is Cn1cc(C(=S)NCc2ccc(Cl)cc2)c(=S)c2cc(CN3CCSCC3)sc21. The second-order valence-electron chi connectivity index (χ2n) is 7.11. The maximum Gasteiger partial charge on any atom is 0.109 e. The first-order valence-corrected chi connectivity index (χ1v) is 12.6. The average molecular weight is 480 g/mol. The third-order valence-electron chi connectivity index (χ3n) is 4.99. The fraction of sp³-hybridized carbons (Fsp3) is 0.333. The Morgan fingerprint density at radius 1 is 1.21 bits per heavy atom. The number of aryl methyl sites for hydroxylation is 1. The fourth-order valence-electron chi connectivity index (χ4n) is 3.41. The van der Waals surface area contributed by atoms with Gasteiger partial charge in [0.1, 0.15) is 9.82 Å². The summed E-state index contributed by atoms with van der Waals surface area (Å²) >= 11 is 21.3. The number of hydrogen-bond acceptors (Lipinski definition) is 5. The molecule has 1 aliphatic rings. The zero-order valence-electron chi connectivity index (χ0n) is 16.1. The number of hydrogen-bond donors (Lipinski definition) is 1. The quantitative estimate of drug-likeness (QED) is 0.476. The smallest absolute Gasteiger partial charge is 0.109 e. The molecule has 0 amide bonds. The highest BCUT2D eigenvalue weighted by Gasteiger charge is 2.15. The first kappa shape index (κ1) is 21.3. The standard InChI is InChI=1S/C21H22ClN3S4/c1-24-13-18(20(27)23-11-14-2-4-15(22)5-3-14)19(26)17-10-16(29-21(17)24)12-25-6-8-28-9-7-25/h2-5,10,13H,6-9,11-12H2,1H3,(H,23,27). The van der Waals surface area contributed by atoms with Gasteiger partial charge in [-0.05, 0) is 23.8 Å². The summed E-state index contributed by atoms with van der Waals surface area (Å²) < 4.78 is 2.99. The van der Waals surface area contributed by atoms with Gasteiger partial charge >= 0.3 is 0 Å². The van der Waals surface area contributed by atoms with E-state index >= 15 is 0 Å². The molecule has 2 aromatic heterocycles. The molecule has 152 valence electrons. The van der Waals surface area contributed by atoms with Crippen LogP contribution in [0.25, 0.3) is 10.2 Å². The molecule has 1 fully saturated rings. The Bertz CT molecular complexity index is 1080. The Labute approximate surface area is 195 Å². The van der Waals surface area contributed by atoms with Crippen LogP contribution in [0.2, 0.25) is 5.02 Å².